The van der Waals surface area contributed by atoms with E-state index in [-0.39, 0.29) is 11.5 Å². The maximum Gasteiger partial charge on any atom is 0.291 e. The summed E-state index contributed by atoms with van der Waals surface area (Å²) in [5.74, 6) is 0.960. The minimum Gasteiger partial charge on any atom is -0.487 e. The number of hydrogen-bond acceptors (Lipinski definition) is 5. The number of nitrogens with one attached hydrogen (secondary N) is 2. The minimum absolute atomic E-state index is 0.231. The molecule has 0 bridgehead atoms. The second-order valence-electron chi connectivity index (χ2n) is 7.48. The second-order valence-corrected chi connectivity index (χ2v) is 7.48. The van der Waals surface area contributed by atoms with Gasteiger partial charge in [-0.2, -0.15) is 0 Å². The number of carbonyl (C=O) groups excluding carboxylic acids is 1. The van der Waals surface area contributed by atoms with Gasteiger partial charge in [0.05, 0.1) is 24.6 Å². The van der Waals surface area contributed by atoms with Crippen LogP contribution >= 0.6 is 0 Å². The van der Waals surface area contributed by atoms with Crippen LogP contribution in [0, 0.1) is 6.92 Å². The number of carbonyl (C=O) groups is 1. The van der Waals surface area contributed by atoms with E-state index in [1.54, 1.807) is 6.20 Å². The number of aryl methyl sites for hydroxylation is 1. The van der Waals surface area contributed by atoms with Gasteiger partial charge in [-0.15, -0.1) is 0 Å². The molecule has 2 aliphatic heterocycles. The average Bonchev–Trinajstić information content (AvgIpc) is 3.16. The lowest BCUT2D eigenvalue weighted by molar-refractivity contribution is 0.101. The largest absolute Gasteiger partial charge is 0.487 e. The average molecular weight is 356 g/mol. The Bertz CT molecular complexity index is 837. The smallest absolute Gasteiger partial charge is 0.291 e. The van der Waals surface area contributed by atoms with Gasteiger partial charge in [0.15, 0.2) is 5.82 Å². The summed E-state index contributed by atoms with van der Waals surface area (Å²) in [7, 11) is 0. The van der Waals surface area contributed by atoms with E-state index >= 15 is 0 Å². The molecule has 0 spiro atoms. The normalized spacial score (nSPS) is 18.3. The summed E-state index contributed by atoms with van der Waals surface area (Å²) < 4.78 is 11.5. The lowest BCUT2D eigenvalue weighted by Crippen LogP contribution is -2.36. The van der Waals surface area contributed by atoms with Gasteiger partial charge in [0, 0.05) is 43.0 Å². The van der Waals surface area contributed by atoms with Crippen LogP contribution in [-0.2, 0) is 11.2 Å². The van der Waals surface area contributed by atoms with Gasteiger partial charge in [0.2, 0.25) is 0 Å². The van der Waals surface area contributed by atoms with Crippen molar-refractivity contribution in [2.75, 3.05) is 36.5 Å². The molecule has 1 saturated heterocycles. The lowest BCUT2D eigenvalue weighted by atomic mass is 10.0. The van der Waals surface area contributed by atoms with Crippen molar-refractivity contribution in [3.8, 4) is 5.75 Å². The minimum atomic E-state index is -0.245. The summed E-state index contributed by atoms with van der Waals surface area (Å²) in [5, 5.41) is 3.02. The molecule has 2 aromatic rings. The van der Waals surface area contributed by atoms with E-state index < -0.39 is 0 Å². The molecule has 26 heavy (non-hydrogen) atoms. The number of aromatic amines is 1. The third-order valence-corrected chi connectivity index (χ3v) is 4.70. The molecule has 2 aliphatic rings. The summed E-state index contributed by atoms with van der Waals surface area (Å²) in [5.41, 5.74) is 3.48. The summed E-state index contributed by atoms with van der Waals surface area (Å²) in [6, 6.07) is 4.07. The van der Waals surface area contributed by atoms with Crippen LogP contribution in [0.25, 0.3) is 0 Å². The Kier molecular flexibility index (Phi) is 4.11. The van der Waals surface area contributed by atoms with Crippen LogP contribution in [0.1, 0.15) is 35.7 Å². The molecule has 1 amide bonds. The fourth-order valence-corrected chi connectivity index (χ4v) is 3.52. The molecule has 2 N–H and O–H groups in total. The highest BCUT2D eigenvalue weighted by Crippen LogP contribution is 2.41. The number of benzene rings is 1. The van der Waals surface area contributed by atoms with Gasteiger partial charge in [-0.25, -0.2) is 4.98 Å². The predicted octanol–water partition coefficient (Wildman–Crippen LogP) is 2.52. The van der Waals surface area contributed by atoms with Crippen molar-refractivity contribution in [3.05, 3.63) is 35.4 Å². The fourth-order valence-electron chi connectivity index (χ4n) is 3.52. The second kappa shape index (κ2) is 6.32. The molecule has 0 aliphatic carbocycles. The summed E-state index contributed by atoms with van der Waals surface area (Å²) >= 11 is 0. The molecule has 0 atom stereocenters. The SMILES string of the molecule is Cc1cnc(C(=O)Nc2cc3c(cc2N2CCOCC2)OC(C)(C)C3)[nH]1. The molecule has 1 aromatic carbocycles. The van der Waals surface area contributed by atoms with E-state index in [0.29, 0.717) is 19.0 Å². The van der Waals surface area contributed by atoms with Crippen LogP contribution in [0.2, 0.25) is 0 Å². The Morgan fingerprint density at radius 3 is 2.77 bits per heavy atom. The number of aromatic nitrogens is 2. The number of fused-ring (bicyclic) bond motifs is 1. The topological polar surface area (TPSA) is 79.5 Å². The Morgan fingerprint density at radius 1 is 1.31 bits per heavy atom. The number of ether oxygens (including phenoxy) is 2. The van der Waals surface area contributed by atoms with Crippen molar-refractivity contribution < 1.29 is 14.3 Å². The van der Waals surface area contributed by atoms with Crippen molar-refractivity contribution in [1.82, 2.24) is 9.97 Å². The van der Waals surface area contributed by atoms with Gasteiger partial charge < -0.3 is 24.7 Å². The van der Waals surface area contributed by atoms with Crippen LogP contribution in [0.5, 0.6) is 5.75 Å². The van der Waals surface area contributed by atoms with Crippen LogP contribution in [-0.4, -0.2) is 47.8 Å². The van der Waals surface area contributed by atoms with E-state index in [1.165, 1.54) is 0 Å². The summed E-state index contributed by atoms with van der Waals surface area (Å²) in [4.78, 5) is 21.9. The highest BCUT2D eigenvalue weighted by atomic mass is 16.5. The fraction of sp³-hybridized carbons (Fsp3) is 0.474. The number of amides is 1. The van der Waals surface area contributed by atoms with Crippen molar-refractivity contribution in [2.45, 2.75) is 32.8 Å². The molecule has 138 valence electrons. The Balaban J connectivity index is 1.68. The van der Waals surface area contributed by atoms with Gasteiger partial charge in [0.25, 0.3) is 5.91 Å². The highest BCUT2D eigenvalue weighted by Gasteiger charge is 2.32. The van der Waals surface area contributed by atoms with Crippen LogP contribution < -0.4 is 15.0 Å². The third-order valence-electron chi connectivity index (χ3n) is 4.70. The van der Waals surface area contributed by atoms with Gasteiger partial charge in [-0.05, 0) is 26.8 Å². The maximum atomic E-state index is 12.6. The van der Waals surface area contributed by atoms with Crippen molar-refractivity contribution in [3.63, 3.8) is 0 Å². The van der Waals surface area contributed by atoms with Crippen molar-refractivity contribution in [1.29, 1.82) is 0 Å². The molecule has 0 radical (unpaired) electrons. The maximum absolute atomic E-state index is 12.6. The zero-order valence-electron chi connectivity index (χ0n) is 15.4. The van der Waals surface area contributed by atoms with Gasteiger partial charge in [-0.3, -0.25) is 4.79 Å². The number of imidazole rings is 1. The van der Waals surface area contributed by atoms with Gasteiger partial charge >= 0.3 is 0 Å². The Morgan fingerprint density at radius 2 is 2.08 bits per heavy atom. The van der Waals surface area contributed by atoms with Gasteiger partial charge in [0.1, 0.15) is 11.4 Å². The van der Waals surface area contributed by atoms with E-state index in [0.717, 1.165) is 47.9 Å². The van der Waals surface area contributed by atoms with Crippen molar-refractivity contribution in [2.24, 2.45) is 0 Å². The summed E-state index contributed by atoms with van der Waals surface area (Å²) in [6.07, 6.45) is 2.46. The molecule has 1 fully saturated rings. The standard InChI is InChI=1S/C19H24N4O3/c1-12-11-20-17(21-12)18(24)22-14-8-13-10-19(2,3)26-16(13)9-15(14)23-4-6-25-7-5-23/h8-9,11H,4-7,10H2,1-3H3,(H,20,21)(H,22,24). The molecule has 4 rings (SSSR count). The number of rotatable bonds is 3. The number of morpholine rings is 1. The number of nitrogens with zero attached hydrogens (tertiary/aromatic N) is 2. The monoisotopic (exact) mass is 356 g/mol. The Hall–Kier alpha value is -2.54. The van der Waals surface area contributed by atoms with E-state index in [4.69, 9.17) is 9.47 Å². The van der Waals surface area contributed by atoms with Crippen LogP contribution in [0.4, 0.5) is 11.4 Å². The molecule has 0 unspecified atom stereocenters. The number of anilines is 2. The van der Waals surface area contributed by atoms with E-state index in [1.807, 2.05) is 19.1 Å². The molecular weight excluding hydrogens is 332 g/mol. The lowest BCUT2D eigenvalue weighted by Gasteiger charge is -2.31. The number of H-pyrrole nitrogens is 1. The van der Waals surface area contributed by atoms with Gasteiger partial charge in [-0.1, -0.05) is 0 Å². The van der Waals surface area contributed by atoms with E-state index in [2.05, 4.69) is 34.0 Å². The highest BCUT2D eigenvalue weighted by molar-refractivity contribution is 6.04. The van der Waals surface area contributed by atoms with Crippen molar-refractivity contribution >= 4 is 17.3 Å². The summed E-state index contributed by atoms with van der Waals surface area (Å²) in [6.45, 7) is 8.94. The molecular formula is C19H24N4O3. The molecule has 7 heteroatoms. The van der Waals surface area contributed by atoms with Crippen LogP contribution in [0.15, 0.2) is 18.3 Å². The number of hydrogen-bond donors (Lipinski definition) is 2. The van der Waals surface area contributed by atoms with E-state index in [9.17, 15) is 4.79 Å². The van der Waals surface area contributed by atoms with Crippen LogP contribution in [0.3, 0.4) is 0 Å². The third kappa shape index (κ3) is 3.26. The first-order valence-corrected chi connectivity index (χ1v) is 8.93. The quantitative estimate of drug-likeness (QED) is 0.883. The molecule has 3 heterocycles. The zero-order chi connectivity index (χ0) is 18.3. The first-order chi connectivity index (χ1) is 12.4. The Labute approximate surface area is 152 Å². The first-order valence-electron chi connectivity index (χ1n) is 8.93. The molecule has 1 aromatic heterocycles. The molecule has 0 saturated carbocycles. The first kappa shape index (κ1) is 16.9. The predicted molar refractivity (Wildman–Crippen MR) is 99.2 cm³/mol. The molecule has 7 nitrogen and oxygen atoms in total. The zero-order valence-corrected chi connectivity index (χ0v) is 15.4.